The Morgan fingerprint density at radius 2 is 1.87 bits per heavy atom. The van der Waals surface area contributed by atoms with E-state index < -0.39 is 0 Å². The Labute approximate surface area is 181 Å². The molecule has 0 atom stereocenters. The number of carbonyl (C=O) groups is 1. The van der Waals surface area contributed by atoms with Crippen LogP contribution in [0.4, 0.5) is 5.69 Å². The number of ether oxygens (including phenoxy) is 1. The number of benzene rings is 2. The van der Waals surface area contributed by atoms with E-state index in [4.69, 9.17) is 4.74 Å². The Kier molecular flexibility index (Phi) is 7.87. The molecular weight excluding hydrogens is 398 g/mol. The first-order valence-corrected chi connectivity index (χ1v) is 10.8. The molecule has 3 rings (SSSR count). The van der Waals surface area contributed by atoms with Crippen molar-refractivity contribution < 1.29 is 9.53 Å². The lowest BCUT2D eigenvalue weighted by Gasteiger charge is -2.11. The van der Waals surface area contributed by atoms with Gasteiger partial charge in [-0.2, -0.15) is 0 Å². The molecule has 1 amide bonds. The monoisotopic (exact) mass is 425 g/mol. The number of rotatable bonds is 10. The number of hydrogen-bond acceptors (Lipinski definition) is 6. The van der Waals surface area contributed by atoms with Gasteiger partial charge in [-0.1, -0.05) is 29.5 Å². The van der Waals surface area contributed by atoms with E-state index in [-0.39, 0.29) is 11.7 Å². The number of nitrogens with one attached hydrogen (secondary N) is 1. The molecule has 30 heavy (non-hydrogen) atoms. The van der Waals surface area contributed by atoms with Crippen LogP contribution >= 0.6 is 11.8 Å². The van der Waals surface area contributed by atoms with Gasteiger partial charge in [-0.3, -0.25) is 9.36 Å². The zero-order chi connectivity index (χ0) is 21.3. The first-order chi connectivity index (χ1) is 14.5. The third-order valence-corrected chi connectivity index (χ3v) is 5.26. The summed E-state index contributed by atoms with van der Waals surface area (Å²) in [4.78, 5) is 14.5. The molecule has 158 valence electrons. The second-order valence-corrected chi connectivity index (χ2v) is 8.13. The molecule has 0 fully saturated rings. The maximum Gasteiger partial charge on any atom is 0.234 e. The smallest absolute Gasteiger partial charge is 0.234 e. The van der Waals surface area contributed by atoms with E-state index in [9.17, 15) is 4.79 Å². The van der Waals surface area contributed by atoms with E-state index in [1.54, 1.807) is 6.33 Å². The average Bonchev–Trinajstić information content (AvgIpc) is 3.20. The molecule has 8 heteroatoms. The summed E-state index contributed by atoms with van der Waals surface area (Å²) in [6, 6.07) is 15.5. The molecule has 0 radical (unpaired) electrons. The van der Waals surface area contributed by atoms with Crippen molar-refractivity contribution in [1.82, 2.24) is 19.7 Å². The van der Waals surface area contributed by atoms with E-state index in [0.717, 1.165) is 30.1 Å². The molecule has 7 nitrogen and oxygen atoms in total. The highest BCUT2D eigenvalue weighted by Crippen LogP contribution is 2.21. The molecule has 0 unspecified atom stereocenters. The Bertz CT molecular complexity index is 939. The number of carbonyl (C=O) groups excluding carboxylic acids is 1. The summed E-state index contributed by atoms with van der Waals surface area (Å²) in [5.74, 6) is 0.943. The highest BCUT2D eigenvalue weighted by Gasteiger charge is 2.10. The second-order valence-electron chi connectivity index (χ2n) is 7.19. The standard InChI is InChI=1S/C22H27N5O2S/c1-17-5-9-19(10-6-17)27-16-23-25-22(27)30-15-21(28)24-18-7-11-20(12-8-18)29-14-4-13-26(2)3/h5-12,16H,4,13-15H2,1-3H3,(H,24,28). The van der Waals surface area contributed by atoms with Crippen LogP contribution in [0.1, 0.15) is 12.0 Å². The largest absolute Gasteiger partial charge is 0.494 e. The van der Waals surface area contributed by atoms with Crippen molar-refractivity contribution in [2.45, 2.75) is 18.5 Å². The SMILES string of the molecule is Cc1ccc(-n2cnnc2SCC(=O)Nc2ccc(OCCCN(C)C)cc2)cc1. The average molecular weight is 426 g/mol. The van der Waals surface area contributed by atoms with E-state index in [0.29, 0.717) is 11.8 Å². The Morgan fingerprint density at radius 1 is 1.13 bits per heavy atom. The number of amides is 1. The molecular formula is C22H27N5O2S. The Hall–Kier alpha value is -2.84. The fourth-order valence-corrected chi connectivity index (χ4v) is 3.47. The van der Waals surface area contributed by atoms with Crippen LogP contribution in [0.25, 0.3) is 5.69 Å². The maximum atomic E-state index is 12.3. The van der Waals surface area contributed by atoms with Crippen molar-refractivity contribution in [2.75, 3.05) is 38.3 Å². The predicted octanol–water partition coefficient (Wildman–Crippen LogP) is 3.64. The van der Waals surface area contributed by atoms with Crippen molar-refractivity contribution in [1.29, 1.82) is 0 Å². The van der Waals surface area contributed by atoms with Crippen LogP contribution in [0.3, 0.4) is 0 Å². The lowest BCUT2D eigenvalue weighted by molar-refractivity contribution is -0.113. The summed E-state index contributed by atoms with van der Waals surface area (Å²) >= 11 is 1.35. The first-order valence-electron chi connectivity index (χ1n) is 9.78. The van der Waals surface area contributed by atoms with Gasteiger partial charge in [0.1, 0.15) is 12.1 Å². The molecule has 0 bridgehead atoms. The van der Waals surface area contributed by atoms with Crippen LogP contribution in [0.15, 0.2) is 60.0 Å². The zero-order valence-corrected chi connectivity index (χ0v) is 18.4. The molecule has 0 aliphatic rings. The quantitative estimate of drug-likeness (QED) is 0.395. The molecule has 0 spiro atoms. The minimum atomic E-state index is -0.0990. The summed E-state index contributed by atoms with van der Waals surface area (Å²) in [6.45, 7) is 3.70. The van der Waals surface area contributed by atoms with Gasteiger partial charge in [0, 0.05) is 17.9 Å². The van der Waals surface area contributed by atoms with Gasteiger partial charge in [0.25, 0.3) is 0 Å². The highest BCUT2D eigenvalue weighted by atomic mass is 32.2. The molecule has 3 aromatic rings. The Balaban J connectivity index is 1.47. The van der Waals surface area contributed by atoms with Gasteiger partial charge in [-0.05, 0) is 63.8 Å². The highest BCUT2D eigenvalue weighted by molar-refractivity contribution is 7.99. The minimum Gasteiger partial charge on any atom is -0.494 e. The number of aromatic nitrogens is 3. The number of nitrogens with zero attached hydrogens (tertiary/aromatic N) is 4. The molecule has 0 aliphatic heterocycles. The van der Waals surface area contributed by atoms with Gasteiger partial charge in [0.05, 0.1) is 12.4 Å². The van der Waals surface area contributed by atoms with Crippen LogP contribution in [-0.4, -0.2) is 58.6 Å². The van der Waals surface area contributed by atoms with Gasteiger partial charge < -0.3 is 15.0 Å². The summed E-state index contributed by atoms with van der Waals surface area (Å²) in [5, 5.41) is 11.7. The summed E-state index contributed by atoms with van der Waals surface area (Å²) < 4.78 is 7.59. The first kappa shape index (κ1) is 21.9. The molecule has 0 saturated heterocycles. The fraction of sp³-hybridized carbons (Fsp3) is 0.318. The molecule has 0 saturated carbocycles. The fourth-order valence-electron chi connectivity index (χ4n) is 2.74. The van der Waals surface area contributed by atoms with Crippen LogP contribution in [0.5, 0.6) is 5.75 Å². The van der Waals surface area contributed by atoms with Gasteiger partial charge in [-0.15, -0.1) is 10.2 Å². The van der Waals surface area contributed by atoms with E-state index in [1.165, 1.54) is 17.3 Å². The Morgan fingerprint density at radius 3 is 2.57 bits per heavy atom. The summed E-state index contributed by atoms with van der Waals surface area (Å²) in [6.07, 6.45) is 2.62. The van der Waals surface area contributed by atoms with Gasteiger partial charge in [0.15, 0.2) is 5.16 Å². The molecule has 1 N–H and O–H groups in total. The van der Waals surface area contributed by atoms with Gasteiger partial charge in [-0.25, -0.2) is 0 Å². The summed E-state index contributed by atoms with van der Waals surface area (Å²) in [7, 11) is 4.09. The molecule has 1 aromatic heterocycles. The van der Waals surface area contributed by atoms with Gasteiger partial charge in [0.2, 0.25) is 5.91 Å². The predicted molar refractivity (Wildman–Crippen MR) is 121 cm³/mol. The normalized spacial score (nSPS) is 10.9. The molecule has 1 heterocycles. The van der Waals surface area contributed by atoms with Gasteiger partial charge >= 0.3 is 0 Å². The minimum absolute atomic E-state index is 0.0990. The maximum absolute atomic E-state index is 12.3. The van der Waals surface area contributed by atoms with Crippen LogP contribution in [0.2, 0.25) is 0 Å². The van der Waals surface area contributed by atoms with E-state index in [2.05, 4.69) is 20.4 Å². The van der Waals surface area contributed by atoms with Crippen molar-refractivity contribution >= 4 is 23.4 Å². The van der Waals surface area contributed by atoms with Crippen LogP contribution in [-0.2, 0) is 4.79 Å². The van der Waals surface area contributed by atoms with Crippen molar-refractivity contribution in [3.63, 3.8) is 0 Å². The molecule has 2 aromatic carbocycles. The van der Waals surface area contributed by atoms with E-state index in [1.807, 2.05) is 74.1 Å². The second kappa shape index (κ2) is 10.8. The third kappa shape index (κ3) is 6.60. The number of aryl methyl sites for hydroxylation is 1. The number of hydrogen-bond donors (Lipinski definition) is 1. The summed E-state index contributed by atoms with van der Waals surface area (Å²) in [5.41, 5.74) is 2.89. The van der Waals surface area contributed by atoms with Crippen LogP contribution in [0, 0.1) is 6.92 Å². The van der Waals surface area contributed by atoms with Crippen molar-refractivity contribution in [2.24, 2.45) is 0 Å². The zero-order valence-electron chi connectivity index (χ0n) is 17.5. The lowest BCUT2D eigenvalue weighted by Crippen LogP contribution is -2.15. The lowest BCUT2D eigenvalue weighted by atomic mass is 10.2. The van der Waals surface area contributed by atoms with Crippen LogP contribution < -0.4 is 10.1 Å². The third-order valence-electron chi connectivity index (χ3n) is 4.32. The molecule has 0 aliphatic carbocycles. The number of thioether (sulfide) groups is 1. The number of anilines is 1. The topological polar surface area (TPSA) is 72.3 Å². The van der Waals surface area contributed by atoms with Crippen molar-refractivity contribution in [3.8, 4) is 11.4 Å². The van der Waals surface area contributed by atoms with Crippen molar-refractivity contribution in [3.05, 3.63) is 60.4 Å². The van der Waals surface area contributed by atoms with E-state index >= 15 is 0 Å².